The van der Waals surface area contributed by atoms with Gasteiger partial charge in [0.2, 0.25) is 0 Å². The molecule has 0 heterocycles. The van der Waals surface area contributed by atoms with Gasteiger partial charge in [-0.05, 0) is 48.4 Å². The van der Waals surface area contributed by atoms with Crippen LogP contribution >= 0.6 is 23.2 Å². The summed E-state index contributed by atoms with van der Waals surface area (Å²) < 4.78 is 5.73. The fourth-order valence-electron chi connectivity index (χ4n) is 1.80. The lowest BCUT2D eigenvalue weighted by Gasteiger charge is -2.09. The third-order valence-corrected chi connectivity index (χ3v) is 3.63. The molecule has 0 atom stereocenters. The quantitative estimate of drug-likeness (QED) is 0.858. The zero-order chi connectivity index (χ0) is 15.2. The van der Waals surface area contributed by atoms with Crippen molar-refractivity contribution in [1.29, 1.82) is 0 Å². The first-order valence-corrected chi connectivity index (χ1v) is 7.13. The number of hydrogen-bond donors (Lipinski definition) is 1. The molecule has 0 aliphatic rings. The van der Waals surface area contributed by atoms with Crippen molar-refractivity contribution in [3.05, 3.63) is 63.1 Å². The van der Waals surface area contributed by atoms with Crippen molar-refractivity contribution in [1.82, 2.24) is 0 Å². The van der Waals surface area contributed by atoms with E-state index in [1.54, 1.807) is 12.1 Å². The van der Waals surface area contributed by atoms with Crippen molar-refractivity contribution in [2.24, 2.45) is 0 Å². The molecule has 0 fully saturated rings. The zero-order valence-corrected chi connectivity index (χ0v) is 13.0. The molecular formula is C17H14Cl2O2. The van der Waals surface area contributed by atoms with E-state index in [0.29, 0.717) is 16.7 Å². The third-order valence-electron chi connectivity index (χ3n) is 2.89. The third kappa shape index (κ3) is 4.41. The Morgan fingerprint density at radius 2 is 1.90 bits per heavy atom. The van der Waals surface area contributed by atoms with Crippen LogP contribution in [-0.2, 0) is 6.61 Å². The van der Waals surface area contributed by atoms with Crippen molar-refractivity contribution < 1.29 is 9.84 Å². The number of benzene rings is 2. The monoisotopic (exact) mass is 320 g/mol. The Morgan fingerprint density at radius 1 is 1.10 bits per heavy atom. The Hall–Kier alpha value is -1.66. The van der Waals surface area contributed by atoms with Crippen LogP contribution in [0.4, 0.5) is 0 Å². The van der Waals surface area contributed by atoms with Crippen LogP contribution < -0.4 is 4.74 Å². The first-order chi connectivity index (χ1) is 10.1. The second-order valence-electron chi connectivity index (χ2n) is 4.47. The molecule has 0 saturated carbocycles. The number of ether oxygens (including phenoxy) is 1. The maximum absolute atomic E-state index is 8.71. The maximum Gasteiger partial charge on any atom is 0.120 e. The lowest BCUT2D eigenvalue weighted by atomic mass is 10.1. The topological polar surface area (TPSA) is 29.5 Å². The molecular weight excluding hydrogens is 307 g/mol. The Morgan fingerprint density at radius 3 is 2.57 bits per heavy atom. The average molecular weight is 321 g/mol. The summed E-state index contributed by atoms with van der Waals surface area (Å²) >= 11 is 11.8. The van der Waals surface area contributed by atoms with Crippen LogP contribution in [-0.4, -0.2) is 11.7 Å². The molecule has 4 heteroatoms. The van der Waals surface area contributed by atoms with E-state index in [4.69, 9.17) is 33.0 Å². The highest BCUT2D eigenvalue weighted by Crippen LogP contribution is 2.24. The fourth-order valence-corrected chi connectivity index (χ4v) is 2.12. The SMILES string of the molecule is Cc1cc(OCc2ccc(Cl)c(Cl)c2)ccc1C#CCO. The van der Waals surface area contributed by atoms with Crippen molar-refractivity contribution in [3.63, 3.8) is 0 Å². The number of aliphatic hydroxyl groups is 1. The van der Waals surface area contributed by atoms with E-state index in [9.17, 15) is 0 Å². The summed E-state index contributed by atoms with van der Waals surface area (Å²) in [7, 11) is 0. The van der Waals surface area contributed by atoms with Crippen LogP contribution in [0.5, 0.6) is 5.75 Å². The van der Waals surface area contributed by atoms with Gasteiger partial charge in [-0.1, -0.05) is 41.1 Å². The van der Waals surface area contributed by atoms with Gasteiger partial charge in [0.25, 0.3) is 0 Å². The van der Waals surface area contributed by atoms with Gasteiger partial charge in [-0.2, -0.15) is 0 Å². The van der Waals surface area contributed by atoms with Crippen molar-refractivity contribution in [2.45, 2.75) is 13.5 Å². The van der Waals surface area contributed by atoms with Crippen LogP contribution in [0.1, 0.15) is 16.7 Å². The summed E-state index contributed by atoms with van der Waals surface area (Å²) in [6, 6.07) is 11.1. The number of aliphatic hydroxyl groups excluding tert-OH is 1. The predicted molar refractivity (Wildman–Crippen MR) is 85.9 cm³/mol. The summed E-state index contributed by atoms with van der Waals surface area (Å²) in [5.74, 6) is 6.28. The number of rotatable bonds is 3. The van der Waals surface area contributed by atoms with E-state index >= 15 is 0 Å². The number of aryl methyl sites for hydroxylation is 1. The smallest absolute Gasteiger partial charge is 0.120 e. The van der Waals surface area contributed by atoms with E-state index in [2.05, 4.69) is 11.8 Å². The molecule has 0 spiro atoms. The zero-order valence-electron chi connectivity index (χ0n) is 11.5. The Kier molecular flexibility index (Phi) is 5.52. The van der Waals surface area contributed by atoms with Gasteiger partial charge in [0.05, 0.1) is 10.0 Å². The standard InChI is InChI=1S/C17H14Cl2O2/c1-12-9-15(6-5-14(12)3-2-8-20)21-11-13-4-7-16(18)17(19)10-13/h4-7,9-10,20H,8,11H2,1H3. The molecule has 0 unspecified atom stereocenters. The molecule has 2 rings (SSSR count). The second kappa shape index (κ2) is 7.38. The van der Waals surface area contributed by atoms with Gasteiger partial charge in [0.15, 0.2) is 0 Å². The predicted octanol–water partition coefficient (Wildman–Crippen LogP) is 4.22. The van der Waals surface area contributed by atoms with Crippen LogP contribution in [0.3, 0.4) is 0 Å². The van der Waals surface area contributed by atoms with Crippen molar-refractivity contribution in [3.8, 4) is 17.6 Å². The molecule has 108 valence electrons. The van der Waals surface area contributed by atoms with Crippen LogP contribution in [0.2, 0.25) is 10.0 Å². The molecule has 0 bridgehead atoms. The molecule has 0 aliphatic heterocycles. The lowest BCUT2D eigenvalue weighted by molar-refractivity contribution is 0.306. The van der Waals surface area contributed by atoms with Crippen LogP contribution in [0, 0.1) is 18.8 Å². The second-order valence-corrected chi connectivity index (χ2v) is 5.29. The first-order valence-electron chi connectivity index (χ1n) is 6.37. The minimum absolute atomic E-state index is 0.144. The van der Waals surface area contributed by atoms with Crippen LogP contribution in [0.25, 0.3) is 0 Å². The highest BCUT2D eigenvalue weighted by Gasteiger charge is 2.02. The van der Waals surface area contributed by atoms with Gasteiger partial charge >= 0.3 is 0 Å². The molecule has 0 aromatic heterocycles. The molecule has 2 nitrogen and oxygen atoms in total. The molecule has 0 radical (unpaired) electrons. The largest absolute Gasteiger partial charge is 0.489 e. The number of hydrogen-bond acceptors (Lipinski definition) is 2. The highest BCUT2D eigenvalue weighted by atomic mass is 35.5. The fraction of sp³-hybridized carbons (Fsp3) is 0.176. The summed E-state index contributed by atoms with van der Waals surface area (Å²) in [5.41, 5.74) is 2.83. The Balaban J connectivity index is 2.06. The average Bonchev–Trinajstić information content (AvgIpc) is 2.47. The molecule has 1 N–H and O–H groups in total. The summed E-state index contributed by atoms with van der Waals surface area (Å²) in [5, 5.41) is 9.75. The van der Waals surface area contributed by atoms with Gasteiger partial charge < -0.3 is 9.84 Å². The molecule has 2 aromatic carbocycles. The normalized spacial score (nSPS) is 9.90. The van der Waals surface area contributed by atoms with E-state index in [0.717, 1.165) is 22.4 Å². The van der Waals surface area contributed by atoms with E-state index < -0.39 is 0 Å². The summed E-state index contributed by atoms with van der Waals surface area (Å²) in [6.07, 6.45) is 0. The van der Waals surface area contributed by atoms with Gasteiger partial charge in [0, 0.05) is 5.56 Å². The Labute approximate surface area is 134 Å². The summed E-state index contributed by atoms with van der Waals surface area (Å²) in [6.45, 7) is 2.22. The molecule has 21 heavy (non-hydrogen) atoms. The van der Waals surface area contributed by atoms with E-state index in [1.165, 1.54) is 0 Å². The lowest BCUT2D eigenvalue weighted by Crippen LogP contribution is -1.96. The molecule has 0 saturated heterocycles. The number of halogens is 2. The van der Waals surface area contributed by atoms with E-state index in [-0.39, 0.29) is 6.61 Å². The van der Waals surface area contributed by atoms with Gasteiger partial charge in [-0.15, -0.1) is 0 Å². The van der Waals surface area contributed by atoms with Gasteiger partial charge in [0.1, 0.15) is 19.0 Å². The summed E-state index contributed by atoms with van der Waals surface area (Å²) in [4.78, 5) is 0. The van der Waals surface area contributed by atoms with Crippen molar-refractivity contribution in [2.75, 3.05) is 6.61 Å². The van der Waals surface area contributed by atoms with E-state index in [1.807, 2.05) is 31.2 Å². The molecule has 2 aromatic rings. The maximum atomic E-state index is 8.71. The molecule has 0 amide bonds. The molecule has 0 aliphatic carbocycles. The van der Waals surface area contributed by atoms with Gasteiger partial charge in [-0.25, -0.2) is 0 Å². The minimum Gasteiger partial charge on any atom is -0.489 e. The van der Waals surface area contributed by atoms with Crippen LogP contribution in [0.15, 0.2) is 36.4 Å². The first kappa shape index (κ1) is 15.7. The minimum atomic E-state index is -0.144. The highest BCUT2D eigenvalue weighted by molar-refractivity contribution is 6.42. The Bertz CT molecular complexity index is 700. The van der Waals surface area contributed by atoms with Gasteiger partial charge in [-0.3, -0.25) is 0 Å². The van der Waals surface area contributed by atoms with Crippen molar-refractivity contribution >= 4 is 23.2 Å².